The van der Waals surface area contributed by atoms with E-state index >= 15 is 0 Å². The highest BCUT2D eigenvalue weighted by Crippen LogP contribution is 2.21. The lowest BCUT2D eigenvalue weighted by atomic mass is 10.1. The lowest BCUT2D eigenvalue weighted by Gasteiger charge is -2.12. The van der Waals surface area contributed by atoms with Crippen LogP contribution in [-0.4, -0.2) is 23.0 Å². The molecule has 1 unspecified atom stereocenters. The van der Waals surface area contributed by atoms with Crippen LogP contribution in [0, 0.1) is 12.3 Å². The van der Waals surface area contributed by atoms with Gasteiger partial charge in [0.05, 0.1) is 5.56 Å². The summed E-state index contributed by atoms with van der Waals surface area (Å²) in [7, 11) is 0. The predicted molar refractivity (Wildman–Crippen MR) is 71.5 cm³/mol. The third-order valence-corrected chi connectivity index (χ3v) is 2.99. The topological polar surface area (TPSA) is 66.4 Å². The molecule has 1 amide bonds. The van der Waals surface area contributed by atoms with Crippen LogP contribution in [0.5, 0.6) is 0 Å². The second kappa shape index (κ2) is 6.43. The molecule has 18 heavy (non-hydrogen) atoms. The number of carbonyl (C=O) groups excluding carboxylic acids is 1. The number of carboxylic acids is 1. The zero-order valence-electron chi connectivity index (χ0n) is 9.11. The van der Waals surface area contributed by atoms with Gasteiger partial charge in [-0.3, -0.25) is 4.79 Å². The van der Waals surface area contributed by atoms with Gasteiger partial charge in [-0.2, -0.15) is 0 Å². The first-order valence-corrected chi connectivity index (χ1v) is 6.05. The third kappa shape index (κ3) is 3.76. The zero-order valence-corrected chi connectivity index (χ0v) is 11.5. The number of rotatable bonds is 4. The molecule has 0 aliphatic rings. The Hall–Kier alpha value is -1.51. The highest BCUT2D eigenvalue weighted by atomic mass is 79.9. The molecule has 0 bridgehead atoms. The van der Waals surface area contributed by atoms with Crippen molar-refractivity contribution in [1.82, 2.24) is 5.32 Å². The van der Waals surface area contributed by atoms with Crippen molar-refractivity contribution in [1.29, 1.82) is 0 Å². The Kier molecular flexibility index (Phi) is 5.20. The van der Waals surface area contributed by atoms with Gasteiger partial charge >= 0.3 is 5.97 Å². The molecule has 2 N–H and O–H groups in total. The molecule has 0 aliphatic carbocycles. The predicted octanol–water partition coefficient (Wildman–Crippen LogP) is 2.31. The molecular formula is C12H9BrClNO3. The monoisotopic (exact) mass is 329 g/mol. The van der Waals surface area contributed by atoms with E-state index in [9.17, 15) is 9.59 Å². The second-order valence-electron chi connectivity index (χ2n) is 3.40. The minimum absolute atomic E-state index is 0.0771. The van der Waals surface area contributed by atoms with E-state index in [1.807, 2.05) is 0 Å². The van der Waals surface area contributed by atoms with Crippen molar-refractivity contribution in [2.75, 3.05) is 0 Å². The van der Waals surface area contributed by atoms with Crippen molar-refractivity contribution in [2.45, 2.75) is 12.5 Å². The normalized spacial score (nSPS) is 11.4. The Labute approximate surface area is 117 Å². The van der Waals surface area contributed by atoms with Gasteiger partial charge < -0.3 is 10.4 Å². The van der Waals surface area contributed by atoms with Crippen molar-refractivity contribution in [3.05, 3.63) is 33.3 Å². The zero-order chi connectivity index (χ0) is 13.7. The van der Waals surface area contributed by atoms with E-state index < -0.39 is 17.9 Å². The minimum atomic E-state index is -1.17. The van der Waals surface area contributed by atoms with Gasteiger partial charge in [0.15, 0.2) is 0 Å². The minimum Gasteiger partial charge on any atom is -0.480 e. The Morgan fingerprint density at radius 3 is 2.72 bits per heavy atom. The maximum atomic E-state index is 11.9. The number of terminal acetylenes is 1. The van der Waals surface area contributed by atoms with Crippen molar-refractivity contribution in [2.24, 2.45) is 0 Å². The summed E-state index contributed by atoms with van der Waals surface area (Å²) in [4.78, 5) is 22.7. The molecule has 1 rings (SSSR count). The first-order chi connectivity index (χ1) is 8.45. The van der Waals surface area contributed by atoms with Gasteiger partial charge in [-0.1, -0.05) is 11.6 Å². The van der Waals surface area contributed by atoms with E-state index in [4.69, 9.17) is 23.1 Å². The summed E-state index contributed by atoms with van der Waals surface area (Å²) in [5, 5.41) is 11.7. The standard InChI is InChI=1S/C12H9BrClNO3/c1-2-3-10(12(17)18)15-11(16)8-5-4-7(14)6-9(8)13/h1,4-6,10H,3H2,(H,15,16)(H,17,18). The Balaban J connectivity index is 2.87. The lowest BCUT2D eigenvalue weighted by molar-refractivity contribution is -0.139. The number of halogens is 2. The summed E-state index contributed by atoms with van der Waals surface area (Å²) in [6.45, 7) is 0. The molecule has 0 aromatic heterocycles. The van der Waals surface area contributed by atoms with Crippen LogP contribution in [0.4, 0.5) is 0 Å². The van der Waals surface area contributed by atoms with Gasteiger partial charge in [0.1, 0.15) is 6.04 Å². The maximum Gasteiger partial charge on any atom is 0.327 e. The van der Waals surface area contributed by atoms with Crippen LogP contribution in [0.25, 0.3) is 0 Å². The highest BCUT2D eigenvalue weighted by Gasteiger charge is 2.20. The average molecular weight is 331 g/mol. The number of amides is 1. The van der Waals surface area contributed by atoms with E-state index in [0.29, 0.717) is 15.1 Å². The molecular weight excluding hydrogens is 321 g/mol. The average Bonchev–Trinajstić information content (AvgIpc) is 2.27. The number of hydrogen-bond donors (Lipinski definition) is 2. The molecule has 0 aliphatic heterocycles. The van der Waals surface area contributed by atoms with E-state index in [2.05, 4.69) is 27.2 Å². The number of carboxylic acid groups (broad SMARTS) is 1. The third-order valence-electron chi connectivity index (χ3n) is 2.10. The van der Waals surface area contributed by atoms with Gasteiger partial charge in [0, 0.05) is 15.9 Å². The van der Waals surface area contributed by atoms with Crippen molar-refractivity contribution < 1.29 is 14.7 Å². The van der Waals surface area contributed by atoms with Crippen LogP contribution in [0.1, 0.15) is 16.8 Å². The summed E-state index contributed by atoms with van der Waals surface area (Å²) < 4.78 is 0.484. The lowest BCUT2D eigenvalue weighted by Crippen LogP contribution is -2.40. The van der Waals surface area contributed by atoms with Crippen LogP contribution >= 0.6 is 27.5 Å². The van der Waals surface area contributed by atoms with Crippen LogP contribution in [-0.2, 0) is 4.79 Å². The summed E-state index contributed by atoms with van der Waals surface area (Å²) >= 11 is 8.93. The quantitative estimate of drug-likeness (QED) is 0.833. The first kappa shape index (κ1) is 14.6. The Morgan fingerprint density at radius 1 is 1.56 bits per heavy atom. The van der Waals surface area contributed by atoms with E-state index in [1.54, 1.807) is 6.07 Å². The number of nitrogens with one attached hydrogen (secondary N) is 1. The smallest absolute Gasteiger partial charge is 0.327 e. The van der Waals surface area contributed by atoms with Crippen LogP contribution in [0.3, 0.4) is 0 Å². The summed E-state index contributed by atoms with van der Waals surface area (Å²) in [5.74, 6) is 0.500. The van der Waals surface area contributed by atoms with Crippen LogP contribution < -0.4 is 5.32 Å². The van der Waals surface area contributed by atoms with E-state index in [1.165, 1.54) is 12.1 Å². The Morgan fingerprint density at radius 2 is 2.22 bits per heavy atom. The summed E-state index contributed by atoms with van der Waals surface area (Å²) in [6, 6.07) is 3.48. The van der Waals surface area contributed by atoms with Crippen LogP contribution in [0.15, 0.2) is 22.7 Å². The number of aliphatic carboxylic acids is 1. The first-order valence-electron chi connectivity index (χ1n) is 4.88. The van der Waals surface area contributed by atoms with E-state index in [-0.39, 0.29) is 6.42 Å². The fraction of sp³-hybridized carbons (Fsp3) is 0.167. The Bertz CT molecular complexity index is 525. The molecule has 0 saturated carbocycles. The molecule has 0 saturated heterocycles. The van der Waals surface area contributed by atoms with Crippen LogP contribution in [0.2, 0.25) is 5.02 Å². The number of hydrogen-bond acceptors (Lipinski definition) is 2. The van der Waals surface area contributed by atoms with Gasteiger partial charge in [0.25, 0.3) is 5.91 Å². The van der Waals surface area contributed by atoms with Gasteiger partial charge in [-0.15, -0.1) is 12.3 Å². The number of benzene rings is 1. The second-order valence-corrected chi connectivity index (χ2v) is 4.69. The molecule has 0 radical (unpaired) electrons. The van der Waals surface area contributed by atoms with Gasteiger partial charge in [-0.05, 0) is 34.1 Å². The summed E-state index contributed by atoms with van der Waals surface area (Å²) in [5.41, 5.74) is 0.294. The molecule has 1 atom stereocenters. The molecule has 1 aromatic rings. The molecule has 0 spiro atoms. The maximum absolute atomic E-state index is 11.9. The summed E-state index contributed by atoms with van der Waals surface area (Å²) in [6.07, 6.45) is 4.96. The number of carbonyl (C=O) groups is 2. The largest absolute Gasteiger partial charge is 0.480 e. The highest BCUT2D eigenvalue weighted by molar-refractivity contribution is 9.10. The van der Waals surface area contributed by atoms with Gasteiger partial charge in [-0.25, -0.2) is 4.79 Å². The molecule has 0 heterocycles. The van der Waals surface area contributed by atoms with Crippen molar-refractivity contribution >= 4 is 39.4 Å². The van der Waals surface area contributed by atoms with Crippen molar-refractivity contribution in [3.8, 4) is 12.3 Å². The van der Waals surface area contributed by atoms with E-state index in [0.717, 1.165) is 0 Å². The molecule has 0 fully saturated rings. The molecule has 1 aromatic carbocycles. The van der Waals surface area contributed by atoms with Gasteiger partial charge in [0.2, 0.25) is 0 Å². The molecule has 4 nitrogen and oxygen atoms in total. The molecule has 94 valence electrons. The molecule has 6 heteroatoms. The fourth-order valence-electron chi connectivity index (χ4n) is 1.23. The fourth-order valence-corrected chi connectivity index (χ4v) is 2.09. The SMILES string of the molecule is C#CCC(NC(=O)c1ccc(Cl)cc1Br)C(=O)O. The van der Waals surface area contributed by atoms with Crippen molar-refractivity contribution in [3.63, 3.8) is 0 Å².